The van der Waals surface area contributed by atoms with Gasteiger partial charge in [-0.25, -0.2) is 0 Å². The van der Waals surface area contributed by atoms with Gasteiger partial charge in [0, 0.05) is 10.6 Å². The Morgan fingerprint density at radius 2 is 2.05 bits per heavy atom. The maximum absolute atomic E-state index is 11.4. The third kappa shape index (κ3) is 4.00. The summed E-state index contributed by atoms with van der Waals surface area (Å²) in [5.41, 5.74) is 1.12. The number of rotatable bonds is 7. The van der Waals surface area contributed by atoms with Crippen molar-refractivity contribution >= 4 is 17.7 Å². The summed E-state index contributed by atoms with van der Waals surface area (Å²) < 4.78 is 4.76. The number of carbonyl (C=O) groups is 1. The van der Waals surface area contributed by atoms with E-state index in [0.29, 0.717) is 6.42 Å². The van der Waals surface area contributed by atoms with Crippen molar-refractivity contribution in [2.24, 2.45) is 5.41 Å². The van der Waals surface area contributed by atoms with Crippen molar-refractivity contribution < 1.29 is 14.6 Å². The van der Waals surface area contributed by atoms with Gasteiger partial charge in [-0.05, 0) is 42.4 Å². The van der Waals surface area contributed by atoms with Crippen LogP contribution in [0.1, 0.15) is 44.3 Å². The van der Waals surface area contributed by atoms with Crippen molar-refractivity contribution in [3.05, 3.63) is 29.8 Å². The fourth-order valence-corrected chi connectivity index (χ4v) is 3.38. The molecule has 2 rings (SSSR count). The van der Waals surface area contributed by atoms with Crippen LogP contribution in [0.5, 0.6) is 0 Å². The second-order valence-corrected chi connectivity index (χ2v) is 6.58. The first-order chi connectivity index (χ1) is 9.58. The second-order valence-electron chi connectivity index (χ2n) is 5.53. The number of carbonyl (C=O) groups excluding carboxylic acids is 1. The van der Waals surface area contributed by atoms with E-state index in [1.807, 2.05) is 31.2 Å². The smallest absolute Gasteiger partial charge is 0.306 e. The van der Waals surface area contributed by atoms with E-state index in [2.05, 4.69) is 0 Å². The molecular weight excluding hydrogens is 272 g/mol. The van der Waals surface area contributed by atoms with E-state index in [4.69, 9.17) is 4.74 Å². The minimum Gasteiger partial charge on any atom is -0.469 e. The normalized spacial score (nSPS) is 17.6. The Hall–Kier alpha value is -1.00. The van der Waals surface area contributed by atoms with Crippen LogP contribution in [0.2, 0.25) is 0 Å². The predicted octanol–water partition coefficient (Wildman–Crippen LogP) is 3.57. The summed E-state index contributed by atoms with van der Waals surface area (Å²) in [5, 5.41) is 9.76. The fraction of sp³-hybridized carbons (Fsp3) is 0.562. The van der Waals surface area contributed by atoms with Gasteiger partial charge in [0.1, 0.15) is 0 Å². The summed E-state index contributed by atoms with van der Waals surface area (Å²) in [6, 6.07) is 8.06. The van der Waals surface area contributed by atoms with Gasteiger partial charge in [-0.15, -0.1) is 11.8 Å². The number of methoxy groups -OCH3 is 1. The molecule has 3 nitrogen and oxygen atoms in total. The monoisotopic (exact) mass is 294 g/mol. The van der Waals surface area contributed by atoms with Crippen molar-refractivity contribution in [1.82, 2.24) is 0 Å². The quantitative estimate of drug-likeness (QED) is 0.617. The van der Waals surface area contributed by atoms with Gasteiger partial charge in [0.15, 0.2) is 0 Å². The van der Waals surface area contributed by atoms with Gasteiger partial charge < -0.3 is 9.84 Å². The summed E-state index contributed by atoms with van der Waals surface area (Å²) in [4.78, 5) is 12.6. The van der Waals surface area contributed by atoms with Crippen LogP contribution in [0.3, 0.4) is 0 Å². The molecule has 0 radical (unpaired) electrons. The summed E-state index contributed by atoms with van der Waals surface area (Å²) in [6.45, 7) is 1.97. The van der Waals surface area contributed by atoms with Crippen LogP contribution in [0.15, 0.2) is 29.2 Å². The first-order valence-corrected chi connectivity index (χ1v) is 8.05. The molecule has 0 aromatic heterocycles. The lowest BCUT2D eigenvalue weighted by Gasteiger charge is -2.13. The van der Waals surface area contributed by atoms with E-state index in [-0.39, 0.29) is 17.5 Å². The lowest BCUT2D eigenvalue weighted by Crippen LogP contribution is -2.12. The standard InChI is InChI=1S/C16H22O3S/c1-3-14(17)12-4-6-13(7-5-12)20-11-16(8-9-16)10-15(18)19-2/h4-7,14,17H,3,8-11H2,1-2H3/t14-/m1/s1. The molecule has 0 aliphatic heterocycles. The molecule has 1 aliphatic rings. The van der Waals surface area contributed by atoms with E-state index >= 15 is 0 Å². The van der Waals surface area contributed by atoms with Crippen LogP contribution in [-0.4, -0.2) is 23.9 Å². The highest BCUT2D eigenvalue weighted by molar-refractivity contribution is 7.99. The van der Waals surface area contributed by atoms with Gasteiger partial charge in [-0.2, -0.15) is 0 Å². The van der Waals surface area contributed by atoms with Crippen molar-refractivity contribution in [1.29, 1.82) is 0 Å². The third-order valence-electron chi connectivity index (χ3n) is 3.90. The molecule has 0 spiro atoms. The lowest BCUT2D eigenvalue weighted by molar-refractivity contribution is -0.141. The summed E-state index contributed by atoms with van der Waals surface area (Å²) >= 11 is 1.78. The maximum atomic E-state index is 11.4. The Bertz CT molecular complexity index is 451. The van der Waals surface area contributed by atoms with Crippen molar-refractivity contribution in [2.75, 3.05) is 12.9 Å². The van der Waals surface area contributed by atoms with Gasteiger partial charge in [-0.1, -0.05) is 19.1 Å². The zero-order valence-electron chi connectivity index (χ0n) is 12.1. The number of thioether (sulfide) groups is 1. The topological polar surface area (TPSA) is 46.5 Å². The van der Waals surface area contributed by atoms with Crippen LogP contribution < -0.4 is 0 Å². The van der Waals surface area contributed by atoms with Gasteiger partial charge in [-0.3, -0.25) is 4.79 Å². The van der Waals surface area contributed by atoms with E-state index in [0.717, 1.165) is 30.6 Å². The SMILES string of the molecule is CC[C@@H](O)c1ccc(SCC2(CC(=O)OC)CC2)cc1. The number of hydrogen-bond acceptors (Lipinski definition) is 4. The Morgan fingerprint density at radius 1 is 1.40 bits per heavy atom. The summed E-state index contributed by atoms with van der Waals surface area (Å²) in [5.74, 6) is 0.849. The highest BCUT2D eigenvalue weighted by atomic mass is 32.2. The van der Waals surface area contributed by atoms with E-state index < -0.39 is 0 Å². The van der Waals surface area contributed by atoms with Gasteiger partial charge >= 0.3 is 5.97 Å². The molecule has 1 N–H and O–H groups in total. The molecule has 110 valence electrons. The van der Waals surface area contributed by atoms with Crippen molar-refractivity contribution in [2.45, 2.75) is 43.6 Å². The molecular formula is C16H22O3S. The zero-order valence-corrected chi connectivity index (χ0v) is 12.9. The number of benzene rings is 1. The van der Waals surface area contributed by atoms with Crippen LogP contribution in [-0.2, 0) is 9.53 Å². The number of ether oxygens (including phenoxy) is 1. The van der Waals surface area contributed by atoms with E-state index in [1.165, 1.54) is 12.0 Å². The van der Waals surface area contributed by atoms with Gasteiger partial charge in [0.2, 0.25) is 0 Å². The Kier molecular flexibility index (Phi) is 5.11. The average Bonchev–Trinajstić information content (AvgIpc) is 3.24. The maximum Gasteiger partial charge on any atom is 0.306 e. The molecule has 20 heavy (non-hydrogen) atoms. The second kappa shape index (κ2) is 6.64. The predicted molar refractivity (Wildman–Crippen MR) is 80.7 cm³/mol. The largest absolute Gasteiger partial charge is 0.469 e. The molecule has 1 saturated carbocycles. The van der Waals surface area contributed by atoms with Crippen LogP contribution in [0.4, 0.5) is 0 Å². The summed E-state index contributed by atoms with van der Waals surface area (Å²) in [7, 11) is 1.45. The molecule has 0 saturated heterocycles. The van der Waals surface area contributed by atoms with Crippen LogP contribution in [0, 0.1) is 5.41 Å². The fourth-order valence-electron chi connectivity index (χ4n) is 2.19. The number of aliphatic hydroxyl groups is 1. The van der Waals surface area contributed by atoms with Gasteiger partial charge in [0.25, 0.3) is 0 Å². The third-order valence-corrected chi connectivity index (χ3v) is 5.26. The molecule has 4 heteroatoms. The number of aliphatic hydroxyl groups excluding tert-OH is 1. The molecule has 1 aromatic rings. The van der Waals surface area contributed by atoms with Crippen molar-refractivity contribution in [3.8, 4) is 0 Å². The van der Waals surface area contributed by atoms with E-state index in [1.54, 1.807) is 11.8 Å². The molecule has 1 fully saturated rings. The highest BCUT2D eigenvalue weighted by Gasteiger charge is 2.44. The molecule has 0 heterocycles. The summed E-state index contributed by atoms with van der Waals surface area (Å²) in [6.07, 6.45) is 3.12. The molecule has 1 aromatic carbocycles. The number of esters is 1. The molecule has 0 unspecified atom stereocenters. The van der Waals surface area contributed by atoms with Crippen LogP contribution in [0.25, 0.3) is 0 Å². The average molecular weight is 294 g/mol. The zero-order chi connectivity index (χ0) is 14.6. The lowest BCUT2D eigenvalue weighted by atomic mass is 10.1. The Balaban J connectivity index is 1.86. The van der Waals surface area contributed by atoms with Crippen LogP contribution >= 0.6 is 11.8 Å². The molecule has 0 amide bonds. The molecule has 1 atom stereocenters. The molecule has 0 bridgehead atoms. The molecule has 1 aliphatic carbocycles. The Labute approximate surface area is 124 Å². The first-order valence-electron chi connectivity index (χ1n) is 7.06. The van der Waals surface area contributed by atoms with Crippen molar-refractivity contribution in [3.63, 3.8) is 0 Å². The Morgan fingerprint density at radius 3 is 2.55 bits per heavy atom. The minimum absolute atomic E-state index is 0.107. The van der Waals surface area contributed by atoms with Gasteiger partial charge in [0.05, 0.1) is 19.6 Å². The highest BCUT2D eigenvalue weighted by Crippen LogP contribution is 2.52. The number of hydrogen-bond donors (Lipinski definition) is 1. The minimum atomic E-state index is -0.372. The first kappa shape index (κ1) is 15.4. The van der Waals surface area contributed by atoms with E-state index in [9.17, 15) is 9.90 Å².